The molecule has 0 aromatic heterocycles. The Labute approximate surface area is 149 Å². The smallest absolute Gasteiger partial charge is 0.249 e. The molecule has 4 atom stereocenters. The number of benzene rings is 1. The first kappa shape index (κ1) is 16.6. The van der Waals surface area contributed by atoms with Gasteiger partial charge >= 0.3 is 0 Å². The molecule has 2 bridgehead atoms. The van der Waals surface area contributed by atoms with E-state index in [1.54, 1.807) is 0 Å². The van der Waals surface area contributed by atoms with E-state index in [9.17, 15) is 9.59 Å². The Morgan fingerprint density at radius 2 is 1.84 bits per heavy atom. The van der Waals surface area contributed by atoms with E-state index in [1.807, 2.05) is 42.2 Å². The lowest BCUT2D eigenvalue weighted by Gasteiger charge is -2.28. The van der Waals surface area contributed by atoms with E-state index < -0.39 is 0 Å². The predicted octanol–water partition coefficient (Wildman–Crippen LogP) is 2.22. The number of para-hydroxylation sites is 1. The summed E-state index contributed by atoms with van der Waals surface area (Å²) < 4.78 is 0. The Bertz CT molecular complexity index is 636. The summed E-state index contributed by atoms with van der Waals surface area (Å²) >= 11 is 0. The van der Waals surface area contributed by atoms with Crippen molar-refractivity contribution in [1.82, 2.24) is 10.6 Å². The number of fused-ring (bicyclic) bond motifs is 2. The molecule has 4 rings (SSSR count). The van der Waals surface area contributed by atoms with Gasteiger partial charge in [-0.3, -0.25) is 9.59 Å². The fourth-order valence-electron chi connectivity index (χ4n) is 4.88. The van der Waals surface area contributed by atoms with Crippen LogP contribution in [0, 0.1) is 5.92 Å². The average Bonchev–Trinajstić information content (AvgIpc) is 3.07. The minimum absolute atomic E-state index is 0.0115. The van der Waals surface area contributed by atoms with Gasteiger partial charge < -0.3 is 15.5 Å². The van der Waals surface area contributed by atoms with E-state index in [0.717, 1.165) is 18.5 Å². The molecule has 1 aromatic carbocycles. The molecule has 0 aliphatic carbocycles. The molecule has 0 spiro atoms. The summed E-state index contributed by atoms with van der Waals surface area (Å²) in [6.45, 7) is 2.04. The van der Waals surface area contributed by atoms with Crippen molar-refractivity contribution in [3.8, 4) is 0 Å². The van der Waals surface area contributed by atoms with Gasteiger partial charge in [0.05, 0.1) is 0 Å². The van der Waals surface area contributed by atoms with Gasteiger partial charge in [-0.25, -0.2) is 0 Å². The van der Waals surface area contributed by atoms with E-state index >= 15 is 0 Å². The number of nitrogens with one attached hydrogen (secondary N) is 2. The van der Waals surface area contributed by atoms with E-state index in [4.69, 9.17) is 0 Å². The third kappa shape index (κ3) is 3.43. The lowest BCUT2D eigenvalue weighted by Crippen LogP contribution is -2.44. The standard InChI is InChI=1S/C20H27N3O2/c1-13-9-18(20(25)23(13)17-5-3-2-4-6-17)22-19(24)12-14-10-15-7-8-16(11-14)21-15/h2-6,13-16,18,21H,7-12H2,1H3,(H,22,24). The monoisotopic (exact) mass is 341 g/mol. The molecule has 3 aliphatic heterocycles. The van der Waals surface area contributed by atoms with Crippen molar-refractivity contribution in [3.63, 3.8) is 0 Å². The topological polar surface area (TPSA) is 61.4 Å². The van der Waals surface area contributed by atoms with Crippen molar-refractivity contribution < 1.29 is 9.59 Å². The number of hydrogen-bond acceptors (Lipinski definition) is 3. The molecular formula is C20H27N3O2. The molecule has 2 N–H and O–H groups in total. The minimum atomic E-state index is -0.388. The Morgan fingerprint density at radius 1 is 1.16 bits per heavy atom. The van der Waals surface area contributed by atoms with Gasteiger partial charge in [-0.2, -0.15) is 0 Å². The highest BCUT2D eigenvalue weighted by molar-refractivity contribution is 6.02. The van der Waals surface area contributed by atoms with Crippen LogP contribution in [0.2, 0.25) is 0 Å². The number of rotatable bonds is 4. The number of carbonyl (C=O) groups is 2. The van der Waals surface area contributed by atoms with E-state index in [-0.39, 0.29) is 23.9 Å². The number of carbonyl (C=O) groups excluding carboxylic acids is 2. The van der Waals surface area contributed by atoms with E-state index in [1.165, 1.54) is 12.8 Å². The molecule has 3 heterocycles. The molecule has 25 heavy (non-hydrogen) atoms. The molecule has 0 radical (unpaired) electrons. The normalized spacial score (nSPS) is 34.4. The molecule has 134 valence electrons. The van der Waals surface area contributed by atoms with Crippen LogP contribution in [0.3, 0.4) is 0 Å². The van der Waals surface area contributed by atoms with E-state index in [2.05, 4.69) is 10.6 Å². The summed E-state index contributed by atoms with van der Waals surface area (Å²) in [5.74, 6) is 0.502. The summed E-state index contributed by atoms with van der Waals surface area (Å²) in [6.07, 6.45) is 5.90. The summed E-state index contributed by atoms with van der Waals surface area (Å²) in [4.78, 5) is 27.1. The molecule has 3 fully saturated rings. The Morgan fingerprint density at radius 3 is 2.52 bits per heavy atom. The van der Waals surface area contributed by atoms with Crippen LogP contribution in [0.5, 0.6) is 0 Å². The van der Waals surface area contributed by atoms with E-state index in [0.29, 0.717) is 30.8 Å². The first-order valence-electron chi connectivity index (χ1n) is 9.53. The highest BCUT2D eigenvalue weighted by Gasteiger charge is 2.39. The van der Waals surface area contributed by atoms with Crippen molar-refractivity contribution >= 4 is 17.5 Å². The SMILES string of the molecule is CC1CC(NC(=O)CC2CC3CCC(C2)N3)C(=O)N1c1ccccc1. The van der Waals surface area contributed by atoms with Gasteiger partial charge in [0.25, 0.3) is 0 Å². The summed E-state index contributed by atoms with van der Waals surface area (Å²) in [7, 11) is 0. The van der Waals surface area contributed by atoms with Gasteiger partial charge in [0.2, 0.25) is 11.8 Å². The molecule has 3 aliphatic rings. The van der Waals surface area contributed by atoms with Gasteiger partial charge in [-0.05, 0) is 57.1 Å². The van der Waals surface area contributed by atoms with Crippen molar-refractivity contribution in [2.45, 2.75) is 69.6 Å². The summed E-state index contributed by atoms with van der Waals surface area (Å²) in [5.41, 5.74) is 0.909. The first-order valence-corrected chi connectivity index (χ1v) is 9.53. The molecule has 1 aromatic rings. The fraction of sp³-hybridized carbons (Fsp3) is 0.600. The van der Waals surface area contributed by atoms with Gasteiger partial charge in [0.15, 0.2) is 0 Å². The van der Waals surface area contributed by atoms with Crippen molar-refractivity contribution in [2.24, 2.45) is 5.92 Å². The van der Waals surface area contributed by atoms with Gasteiger partial charge in [0, 0.05) is 30.2 Å². The first-order chi connectivity index (χ1) is 12.1. The molecule has 2 amide bonds. The van der Waals surface area contributed by atoms with Crippen LogP contribution >= 0.6 is 0 Å². The molecule has 5 nitrogen and oxygen atoms in total. The zero-order valence-corrected chi connectivity index (χ0v) is 14.8. The van der Waals surface area contributed by atoms with Crippen LogP contribution in [0.4, 0.5) is 5.69 Å². The number of hydrogen-bond donors (Lipinski definition) is 2. The molecule has 4 unspecified atom stereocenters. The summed E-state index contributed by atoms with van der Waals surface area (Å²) in [5, 5.41) is 6.62. The van der Waals surface area contributed by atoms with Crippen molar-refractivity contribution in [1.29, 1.82) is 0 Å². The fourth-order valence-corrected chi connectivity index (χ4v) is 4.88. The Hall–Kier alpha value is -1.88. The third-order valence-corrected chi connectivity index (χ3v) is 5.97. The summed E-state index contributed by atoms with van der Waals surface area (Å²) in [6, 6.07) is 10.6. The number of piperidine rings is 1. The van der Waals surface area contributed by atoms with Crippen LogP contribution in [0.1, 0.15) is 45.4 Å². The Balaban J connectivity index is 1.35. The maximum Gasteiger partial charge on any atom is 0.249 e. The maximum absolute atomic E-state index is 12.8. The van der Waals surface area contributed by atoms with Crippen LogP contribution in [-0.2, 0) is 9.59 Å². The third-order valence-electron chi connectivity index (χ3n) is 5.97. The molecule has 5 heteroatoms. The number of amides is 2. The highest BCUT2D eigenvalue weighted by Crippen LogP contribution is 2.33. The predicted molar refractivity (Wildman–Crippen MR) is 97.2 cm³/mol. The van der Waals surface area contributed by atoms with Gasteiger partial charge in [-0.1, -0.05) is 18.2 Å². The molecule has 3 saturated heterocycles. The second-order valence-corrected chi connectivity index (χ2v) is 7.93. The Kier molecular flexibility index (Phi) is 4.50. The van der Waals surface area contributed by atoms with Crippen LogP contribution in [-0.4, -0.2) is 36.0 Å². The average molecular weight is 341 g/mol. The zero-order valence-electron chi connectivity index (χ0n) is 14.8. The minimum Gasteiger partial charge on any atom is -0.344 e. The maximum atomic E-state index is 12.8. The largest absolute Gasteiger partial charge is 0.344 e. The van der Waals surface area contributed by atoms with Gasteiger partial charge in [-0.15, -0.1) is 0 Å². The van der Waals surface area contributed by atoms with Crippen molar-refractivity contribution in [2.75, 3.05) is 4.90 Å². The van der Waals surface area contributed by atoms with Crippen LogP contribution in [0.15, 0.2) is 30.3 Å². The second kappa shape index (κ2) is 6.79. The van der Waals surface area contributed by atoms with Crippen molar-refractivity contribution in [3.05, 3.63) is 30.3 Å². The number of anilines is 1. The zero-order chi connectivity index (χ0) is 17.4. The van der Waals surface area contributed by atoms with Gasteiger partial charge in [0.1, 0.15) is 6.04 Å². The second-order valence-electron chi connectivity index (χ2n) is 7.93. The highest BCUT2D eigenvalue weighted by atomic mass is 16.2. The quantitative estimate of drug-likeness (QED) is 0.883. The van der Waals surface area contributed by atoms with Crippen LogP contribution < -0.4 is 15.5 Å². The molecular weight excluding hydrogens is 314 g/mol. The lowest BCUT2D eigenvalue weighted by molar-refractivity contribution is -0.127. The van der Waals surface area contributed by atoms with Crippen LogP contribution in [0.25, 0.3) is 0 Å². The number of nitrogens with zero attached hydrogens (tertiary/aromatic N) is 1. The molecule has 0 saturated carbocycles. The lowest BCUT2D eigenvalue weighted by atomic mass is 9.89.